The van der Waals surface area contributed by atoms with Crippen LogP contribution in [0.4, 0.5) is 5.69 Å². The summed E-state index contributed by atoms with van der Waals surface area (Å²) in [5.41, 5.74) is 2.11. The third-order valence-corrected chi connectivity index (χ3v) is 3.60. The summed E-state index contributed by atoms with van der Waals surface area (Å²) in [4.78, 5) is 0. The first kappa shape index (κ1) is 13.6. The fourth-order valence-corrected chi connectivity index (χ4v) is 2.38. The van der Waals surface area contributed by atoms with E-state index in [1.165, 1.54) is 0 Å². The Balaban J connectivity index is 2.15. The van der Waals surface area contributed by atoms with Crippen molar-refractivity contribution in [3.8, 4) is 6.07 Å². The molecule has 0 aliphatic rings. The van der Waals surface area contributed by atoms with E-state index in [1.807, 2.05) is 42.5 Å². The predicted octanol–water partition coefficient (Wildman–Crippen LogP) is 4.56. The van der Waals surface area contributed by atoms with E-state index >= 15 is 0 Å². The molecule has 0 fully saturated rings. The molecule has 2 rings (SSSR count). The lowest BCUT2D eigenvalue weighted by Gasteiger charge is -2.20. The van der Waals surface area contributed by atoms with Gasteiger partial charge in [0.15, 0.2) is 0 Å². The SMILES string of the molecule is CC(c1ccccc1)C(C#N)Nc1cccc(Br)c1. The normalized spacial score (nSPS) is 13.3. The quantitative estimate of drug-likeness (QED) is 0.898. The first-order valence-electron chi connectivity index (χ1n) is 6.17. The van der Waals surface area contributed by atoms with Crippen molar-refractivity contribution >= 4 is 21.6 Å². The predicted molar refractivity (Wildman–Crippen MR) is 82.0 cm³/mol. The minimum atomic E-state index is -0.253. The van der Waals surface area contributed by atoms with Gasteiger partial charge < -0.3 is 5.32 Å². The van der Waals surface area contributed by atoms with Crippen LogP contribution in [-0.4, -0.2) is 6.04 Å². The van der Waals surface area contributed by atoms with Gasteiger partial charge in [0.25, 0.3) is 0 Å². The summed E-state index contributed by atoms with van der Waals surface area (Å²) < 4.78 is 1.00. The molecule has 2 nitrogen and oxygen atoms in total. The lowest BCUT2D eigenvalue weighted by atomic mass is 9.94. The van der Waals surface area contributed by atoms with Gasteiger partial charge in [0, 0.05) is 16.1 Å². The van der Waals surface area contributed by atoms with Crippen LogP contribution in [0, 0.1) is 11.3 Å². The second kappa shape index (κ2) is 6.40. The zero-order valence-corrected chi connectivity index (χ0v) is 12.3. The zero-order valence-electron chi connectivity index (χ0n) is 10.7. The Labute approximate surface area is 122 Å². The molecular weight excluding hydrogens is 300 g/mol. The molecular formula is C16H15BrN2. The second-order valence-corrected chi connectivity index (χ2v) is 5.38. The molecule has 0 radical (unpaired) electrons. The van der Waals surface area contributed by atoms with Crippen molar-refractivity contribution in [1.82, 2.24) is 0 Å². The molecule has 19 heavy (non-hydrogen) atoms. The lowest BCUT2D eigenvalue weighted by molar-refractivity contribution is 0.710. The summed E-state index contributed by atoms with van der Waals surface area (Å²) in [6, 6.07) is 20.0. The first-order valence-corrected chi connectivity index (χ1v) is 6.96. The van der Waals surface area contributed by atoms with Crippen molar-refractivity contribution in [2.45, 2.75) is 18.9 Å². The number of hydrogen-bond donors (Lipinski definition) is 1. The Morgan fingerprint density at radius 3 is 2.47 bits per heavy atom. The monoisotopic (exact) mass is 314 g/mol. The van der Waals surface area contributed by atoms with E-state index in [4.69, 9.17) is 0 Å². The molecule has 0 bridgehead atoms. The minimum Gasteiger partial charge on any atom is -0.369 e. The molecule has 2 aromatic carbocycles. The summed E-state index contributed by atoms with van der Waals surface area (Å²) in [5.74, 6) is 0.130. The van der Waals surface area contributed by atoms with Crippen molar-refractivity contribution in [1.29, 1.82) is 5.26 Å². The van der Waals surface area contributed by atoms with Gasteiger partial charge in [0.1, 0.15) is 6.04 Å². The van der Waals surface area contributed by atoms with Crippen molar-refractivity contribution in [2.24, 2.45) is 0 Å². The van der Waals surface area contributed by atoms with Gasteiger partial charge in [-0.1, -0.05) is 59.3 Å². The Bertz CT molecular complexity index is 575. The number of hydrogen-bond acceptors (Lipinski definition) is 2. The van der Waals surface area contributed by atoms with Gasteiger partial charge in [-0.15, -0.1) is 0 Å². The third kappa shape index (κ3) is 3.59. The van der Waals surface area contributed by atoms with Gasteiger partial charge in [-0.25, -0.2) is 0 Å². The largest absolute Gasteiger partial charge is 0.369 e. The van der Waals surface area contributed by atoms with E-state index < -0.39 is 0 Å². The highest BCUT2D eigenvalue weighted by Crippen LogP contribution is 2.23. The van der Waals surface area contributed by atoms with Crippen molar-refractivity contribution in [3.63, 3.8) is 0 Å². The van der Waals surface area contributed by atoms with Crippen LogP contribution in [-0.2, 0) is 0 Å². The maximum absolute atomic E-state index is 9.36. The molecule has 2 atom stereocenters. The summed E-state index contributed by atoms with van der Waals surface area (Å²) in [6.07, 6.45) is 0. The standard InChI is InChI=1S/C16H15BrN2/c1-12(13-6-3-2-4-7-13)16(11-18)19-15-9-5-8-14(17)10-15/h2-10,12,16,19H,1H3. The number of benzene rings is 2. The number of nitrogens with zero attached hydrogens (tertiary/aromatic N) is 1. The molecule has 2 unspecified atom stereocenters. The first-order chi connectivity index (χ1) is 9.20. The van der Waals surface area contributed by atoms with Crippen LogP contribution in [0.3, 0.4) is 0 Å². The highest BCUT2D eigenvalue weighted by atomic mass is 79.9. The topological polar surface area (TPSA) is 35.8 Å². The smallest absolute Gasteiger partial charge is 0.121 e. The molecule has 96 valence electrons. The van der Waals surface area contributed by atoms with E-state index in [1.54, 1.807) is 0 Å². The molecule has 2 aromatic rings. The molecule has 0 heterocycles. The van der Waals surface area contributed by atoms with Gasteiger partial charge in [-0.05, 0) is 23.8 Å². The number of nitrogens with one attached hydrogen (secondary N) is 1. The van der Waals surface area contributed by atoms with Crippen LogP contribution in [0.1, 0.15) is 18.4 Å². The molecule has 0 spiro atoms. The maximum atomic E-state index is 9.36. The van der Waals surface area contributed by atoms with Crippen LogP contribution >= 0.6 is 15.9 Å². The minimum absolute atomic E-state index is 0.130. The van der Waals surface area contributed by atoms with Gasteiger partial charge in [-0.2, -0.15) is 5.26 Å². The van der Waals surface area contributed by atoms with Gasteiger partial charge >= 0.3 is 0 Å². The van der Waals surface area contributed by atoms with Gasteiger partial charge in [0.05, 0.1) is 6.07 Å². The van der Waals surface area contributed by atoms with E-state index in [2.05, 4.69) is 46.4 Å². The molecule has 0 aliphatic carbocycles. The Kier molecular flexibility index (Phi) is 4.59. The molecule has 0 amide bonds. The Morgan fingerprint density at radius 1 is 1.11 bits per heavy atom. The van der Waals surface area contributed by atoms with Gasteiger partial charge in [-0.3, -0.25) is 0 Å². The van der Waals surface area contributed by atoms with Gasteiger partial charge in [0.2, 0.25) is 0 Å². The molecule has 0 saturated carbocycles. The van der Waals surface area contributed by atoms with E-state index in [0.717, 1.165) is 15.7 Å². The molecule has 1 N–H and O–H groups in total. The molecule has 3 heteroatoms. The summed E-state index contributed by atoms with van der Waals surface area (Å²) in [6.45, 7) is 2.06. The molecule has 0 aromatic heterocycles. The van der Waals surface area contributed by atoms with E-state index in [0.29, 0.717) is 0 Å². The number of halogens is 1. The maximum Gasteiger partial charge on any atom is 0.121 e. The average Bonchev–Trinajstić information content (AvgIpc) is 2.45. The van der Waals surface area contributed by atoms with Crippen LogP contribution in [0.5, 0.6) is 0 Å². The van der Waals surface area contributed by atoms with Crippen molar-refractivity contribution < 1.29 is 0 Å². The highest BCUT2D eigenvalue weighted by Gasteiger charge is 2.18. The fourth-order valence-electron chi connectivity index (χ4n) is 1.98. The summed E-state index contributed by atoms with van der Waals surface area (Å²) >= 11 is 3.43. The fraction of sp³-hybridized carbons (Fsp3) is 0.188. The molecule has 0 saturated heterocycles. The zero-order chi connectivity index (χ0) is 13.7. The van der Waals surface area contributed by atoms with Crippen molar-refractivity contribution in [3.05, 3.63) is 64.6 Å². The Hall–Kier alpha value is -1.79. The second-order valence-electron chi connectivity index (χ2n) is 4.46. The van der Waals surface area contributed by atoms with Crippen LogP contribution in [0.2, 0.25) is 0 Å². The lowest BCUT2D eigenvalue weighted by Crippen LogP contribution is -2.24. The number of nitriles is 1. The van der Waals surface area contributed by atoms with E-state index in [9.17, 15) is 5.26 Å². The Morgan fingerprint density at radius 2 is 1.84 bits per heavy atom. The van der Waals surface area contributed by atoms with Crippen LogP contribution in [0.25, 0.3) is 0 Å². The van der Waals surface area contributed by atoms with Crippen LogP contribution in [0.15, 0.2) is 59.1 Å². The highest BCUT2D eigenvalue weighted by molar-refractivity contribution is 9.10. The summed E-state index contributed by atoms with van der Waals surface area (Å²) in [7, 11) is 0. The summed E-state index contributed by atoms with van der Waals surface area (Å²) in [5, 5.41) is 12.6. The van der Waals surface area contributed by atoms with Crippen molar-refractivity contribution in [2.75, 3.05) is 5.32 Å². The molecule has 0 aliphatic heterocycles. The van der Waals surface area contributed by atoms with E-state index in [-0.39, 0.29) is 12.0 Å². The third-order valence-electron chi connectivity index (χ3n) is 3.11. The van der Waals surface area contributed by atoms with Crippen LogP contribution < -0.4 is 5.32 Å². The number of anilines is 1. The number of rotatable bonds is 4. The average molecular weight is 315 g/mol.